The molecule has 9 heteroatoms. The minimum atomic E-state index is -0.120. The smallest absolute Gasteiger partial charge is 0.218 e. The third-order valence-electron chi connectivity index (χ3n) is 7.21. The summed E-state index contributed by atoms with van der Waals surface area (Å²) < 4.78 is 9.81. The highest BCUT2D eigenvalue weighted by atomic mass is 16.6. The Bertz CT molecular complexity index is 1420. The quantitative estimate of drug-likeness (QED) is 0.298. The molecule has 2 saturated heterocycles. The summed E-state index contributed by atoms with van der Waals surface area (Å²) in [5.41, 5.74) is 6.67. The van der Waals surface area contributed by atoms with E-state index in [2.05, 4.69) is 32.2 Å². The summed E-state index contributed by atoms with van der Waals surface area (Å²) >= 11 is 0. The van der Waals surface area contributed by atoms with Gasteiger partial charge in [0.2, 0.25) is 5.43 Å². The van der Waals surface area contributed by atoms with Crippen molar-refractivity contribution in [3.05, 3.63) is 46.6 Å². The van der Waals surface area contributed by atoms with Crippen LogP contribution in [0, 0.1) is 0 Å². The first kappa shape index (κ1) is 22.3. The number of aryl methyl sites for hydroxylation is 1. The maximum Gasteiger partial charge on any atom is 0.218 e. The normalized spacial score (nSPS) is 18.8. The van der Waals surface area contributed by atoms with E-state index in [1.807, 2.05) is 35.9 Å². The van der Waals surface area contributed by atoms with Crippen molar-refractivity contribution in [2.75, 3.05) is 50.2 Å². The van der Waals surface area contributed by atoms with Crippen LogP contribution in [0.1, 0.15) is 25.7 Å². The number of likely N-dealkylation sites (tertiary alicyclic amines) is 1. The minimum absolute atomic E-state index is 0.120. The van der Waals surface area contributed by atoms with E-state index in [1.54, 1.807) is 0 Å². The molecule has 0 spiro atoms. The first-order chi connectivity index (χ1) is 17.2. The summed E-state index contributed by atoms with van der Waals surface area (Å²) in [4.78, 5) is 26.7. The maximum atomic E-state index is 13.6. The van der Waals surface area contributed by atoms with Crippen LogP contribution in [-0.4, -0.2) is 64.3 Å². The van der Waals surface area contributed by atoms with Crippen LogP contribution in [-0.2, 0) is 16.6 Å². The zero-order valence-corrected chi connectivity index (χ0v) is 20.1. The van der Waals surface area contributed by atoms with Gasteiger partial charge in [-0.05, 0) is 63.0 Å². The van der Waals surface area contributed by atoms with Crippen LogP contribution >= 0.6 is 0 Å². The predicted octanol–water partition coefficient (Wildman–Crippen LogP) is 3.37. The molecule has 184 valence electrons. The average molecular weight is 477 g/mol. The average Bonchev–Trinajstić information content (AvgIpc) is 3.64. The summed E-state index contributed by atoms with van der Waals surface area (Å²) in [7, 11) is 1.97. The number of anilines is 2. The highest BCUT2D eigenvalue weighted by molar-refractivity contribution is 5.95. The zero-order chi connectivity index (χ0) is 23.8. The molecule has 1 atom stereocenters. The molecule has 35 heavy (non-hydrogen) atoms. The van der Waals surface area contributed by atoms with Gasteiger partial charge in [0.15, 0.2) is 11.3 Å². The third-order valence-corrected chi connectivity index (χ3v) is 7.21. The van der Waals surface area contributed by atoms with Crippen LogP contribution in [0.15, 0.2) is 41.2 Å². The number of nitrogens with one attached hydrogen (secondary N) is 2. The molecule has 6 rings (SSSR count). The van der Waals surface area contributed by atoms with Crippen LogP contribution in [0.3, 0.4) is 0 Å². The molecule has 1 unspecified atom stereocenters. The Balaban J connectivity index is 1.40. The monoisotopic (exact) mass is 476 g/mol. The molecule has 2 aliphatic rings. The van der Waals surface area contributed by atoms with Crippen molar-refractivity contribution in [2.45, 2.75) is 31.8 Å². The van der Waals surface area contributed by atoms with Gasteiger partial charge in [-0.2, -0.15) is 0 Å². The van der Waals surface area contributed by atoms with Crippen LogP contribution < -0.4 is 16.2 Å². The number of rotatable bonds is 8. The summed E-state index contributed by atoms with van der Waals surface area (Å²) in [6.45, 7) is 5.12. The molecule has 5 heterocycles. The standard InChI is InChI=1S/C26H32N6O3/c1-30-20-8-2-3-9-21(20)32-25-19(10-11-22(28-25)27-17-18-7-6-15-34-18)24(33)23(26(30)32)29-35-16-14-31-12-4-5-13-31/h2-3,8-11,18,29H,4-7,12-17H2,1H3,(H,27,28). The Morgan fingerprint density at radius 1 is 1.11 bits per heavy atom. The number of fused-ring (bicyclic) bond motifs is 5. The van der Waals surface area contributed by atoms with Crippen molar-refractivity contribution >= 4 is 39.2 Å². The first-order valence-corrected chi connectivity index (χ1v) is 12.6. The summed E-state index contributed by atoms with van der Waals surface area (Å²) in [6, 6.07) is 11.8. The van der Waals surface area contributed by atoms with E-state index in [0.29, 0.717) is 29.9 Å². The van der Waals surface area contributed by atoms with Crippen molar-refractivity contribution in [1.82, 2.24) is 18.9 Å². The highest BCUT2D eigenvalue weighted by Gasteiger charge is 2.21. The van der Waals surface area contributed by atoms with E-state index in [9.17, 15) is 4.79 Å². The second kappa shape index (κ2) is 9.49. The summed E-state index contributed by atoms with van der Waals surface area (Å²) in [5, 5.41) is 3.95. The fraction of sp³-hybridized carbons (Fsp3) is 0.462. The van der Waals surface area contributed by atoms with Crippen LogP contribution in [0.25, 0.3) is 27.7 Å². The number of imidazole rings is 1. The van der Waals surface area contributed by atoms with E-state index in [0.717, 1.165) is 61.6 Å². The van der Waals surface area contributed by atoms with E-state index < -0.39 is 0 Å². The predicted molar refractivity (Wildman–Crippen MR) is 138 cm³/mol. The summed E-state index contributed by atoms with van der Waals surface area (Å²) in [5.74, 6) is 0.733. The van der Waals surface area contributed by atoms with Crippen LogP contribution in [0.5, 0.6) is 0 Å². The van der Waals surface area contributed by atoms with Crippen molar-refractivity contribution in [2.24, 2.45) is 7.05 Å². The number of pyridine rings is 2. The molecule has 3 aromatic heterocycles. The van der Waals surface area contributed by atoms with Crippen molar-refractivity contribution in [3.8, 4) is 0 Å². The topological polar surface area (TPSA) is 85.1 Å². The van der Waals surface area contributed by atoms with Gasteiger partial charge in [0.25, 0.3) is 0 Å². The Labute approximate surface area is 203 Å². The van der Waals surface area contributed by atoms with Gasteiger partial charge in [-0.1, -0.05) is 12.1 Å². The minimum Gasteiger partial charge on any atom is -0.376 e. The molecular weight excluding hydrogens is 444 g/mol. The lowest BCUT2D eigenvalue weighted by molar-refractivity contribution is 0.120. The fourth-order valence-electron chi connectivity index (χ4n) is 5.36. The van der Waals surface area contributed by atoms with E-state index in [-0.39, 0.29) is 11.5 Å². The number of para-hydroxylation sites is 2. The number of hydrogen-bond acceptors (Lipinski definition) is 7. The molecule has 0 radical (unpaired) electrons. The molecule has 1 aromatic carbocycles. The number of hydrogen-bond donors (Lipinski definition) is 2. The summed E-state index contributed by atoms with van der Waals surface area (Å²) in [6.07, 6.45) is 4.85. The van der Waals surface area contributed by atoms with Gasteiger partial charge in [0.1, 0.15) is 11.5 Å². The number of nitrogens with zero attached hydrogens (tertiary/aromatic N) is 4. The lowest BCUT2D eigenvalue weighted by Gasteiger charge is -2.16. The first-order valence-electron chi connectivity index (χ1n) is 12.6. The molecule has 4 aromatic rings. The molecular formula is C26H32N6O3. The van der Waals surface area contributed by atoms with Gasteiger partial charge in [-0.15, -0.1) is 0 Å². The van der Waals surface area contributed by atoms with E-state index >= 15 is 0 Å². The highest BCUT2D eigenvalue weighted by Crippen LogP contribution is 2.28. The molecule has 2 aliphatic heterocycles. The maximum absolute atomic E-state index is 13.6. The molecule has 9 nitrogen and oxygen atoms in total. The zero-order valence-electron chi connectivity index (χ0n) is 20.1. The number of benzene rings is 1. The Morgan fingerprint density at radius 2 is 1.94 bits per heavy atom. The Hall–Kier alpha value is -3.14. The van der Waals surface area contributed by atoms with Gasteiger partial charge < -0.3 is 19.5 Å². The van der Waals surface area contributed by atoms with Gasteiger partial charge in [0, 0.05) is 26.7 Å². The Kier molecular flexibility index (Phi) is 6.05. The number of aromatic nitrogens is 3. The second-order valence-electron chi connectivity index (χ2n) is 9.49. The van der Waals surface area contributed by atoms with Gasteiger partial charge in [0.05, 0.1) is 29.1 Å². The molecule has 0 bridgehead atoms. The molecule has 0 saturated carbocycles. The number of ether oxygens (including phenoxy) is 1. The van der Waals surface area contributed by atoms with Crippen LogP contribution in [0.4, 0.5) is 11.5 Å². The molecule has 2 N–H and O–H groups in total. The van der Waals surface area contributed by atoms with Gasteiger partial charge in [-0.3, -0.25) is 19.5 Å². The van der Waals surface area contributed by atoms with Gasteiger partial charge in [-0.25, -0.2) is 4.98 Å². The largest absolute Gasteiger partial charge is 0.376 e. The van der Waals surface area contributed by atoms with Gasteiger partial charge >= 0.3 is 0 Å². The molecule has 2 fully saturated rings. The molecule has 0 amide bonds. The molecule has 0 aliphatic carbocycles. The second-order valence-corrected chi connectivity index (χ2v) is 9.49. The lowest BCUT2D eigenvalue weighted by atomic mass is 10.2. The van der Waals surface area contributed by atoms with E-state index in [4.69, 9.17) is 14.6 Å². The lowest BCUT2D eigenvalue weighted by Crippen LogP contribution is -2.26. The van der Waals surface area contributed by atoms with E-state index in [1.165, 1.54) is 12.8 Å². The van der Waals surface area contributed by atoms with Crippen molar-refractivity contribution < 1.29 is 9.57 Å². The Morgan fingerprint density at radius 3 is 2.74 bits per heavy atom. The van der Waals surface area contributed by atoms with Crippen LogP contribution in [0.2, 0.25) is 0 Å². The van der Waals surface area contributed by atoms with Crippen molar-refractivity contribution in [1.29, 1.82) is 0 Å². The fourth-order valence-corrected chi connectivity index (χ4v) is 5.36. The third kappa shape index (κ3) is 4.13. The van der Waals surface area contributed by atoms with Crippen molar-refractivity contribution in [3.63, 3.8) is 0 Å². The SMILES string of the molecule is Cn1c2ccccc2n2c3nc(NCC4CCCO4)ccc3c(=O)c(NOCCN3CCCC3)c12.